The number of nitrogens with zero attached hydrogens (tertiary/aromatic N) is 2. The van der Waals surface area contributed by atoms with Crippen LogP contribution in [-0.4, -0.2) is 49.4 Å². The molecule has 1 heterocycles. The van der Waals surface area contributed by atoms with Crippen molar-refractivity contribution in [3.8, 4) is 0 Å². The fourth-order valence-electron chi connectivity index (χ4n) is 3.20. The van der Waals surface area contributed by atoms with E-state index < -0.39 is 11.9 Å². The molecule has 1 atom stereocenters. The molecule has 0 aromatic heterocycles. The van der Waals surface area contributed by atoms with Gasteiger partial charge in [-0.15, -0.1) is 0 Å². The summed E-state index contributed by atoms with van der Waals surface area (Å²) in [5.74, 6) is -1.38. The van der Waals surface area contributed by atoms with Crippen molar-refractivity contribution < 1.29 is 19.1 Å². The number of hydrogen-bond acceptors (Lipinski definition) is 4. The summed E-state index contributed by atoms with van der Waals surface area (Å²) in [6, 6.07) is 19.0. The maximum absolute atomic E-state index is 12.3. The SMILES string of the molecule is CN(C(=O)COC(=O)C1CC(=O)N(CCc2ccccc2)C1)c1ccccc1. The molecule has 2 amide bonds. The minimum Gasteiger partial charge on any atom is -0.455 e. The van der Waals surface area contributed by atoms with Crippen LogP contribution in [0.4, 0.5) is 5.69 Å². The summed E-state index contributed by atoms with van der Waals surface area (Å²) in [7, 11) is 1.63. The number of anilines is 1. The molecule has 2 aromatic carbocycles. The van der Waals surface area contributed by atoms with Gasteiger partial charge in [0, 0.05) is 32.2 Å². The summed E-state index contributed by atoms with van der Waals surface area (Å²) < 4.78 is 5.18. The summed E-state index contributed by atoms with van der Waals surface area (Å²) in [5.41, 5.74) is 1.88. The lowest BCUT2D eigenvalue weighted by atomic mass is 10.1. The van der Waals surface area contributed by atoms with Gasteiger partial charge in [-0.05, 0) is 24.1 Å². The van der Waals surface area contributed by atoms with Crippen molar-refractivity contribution in [2.45, 2.75) is 12.8 Å². The van der Waals surface area contributed by atoms with E-state index in [-0.39, 0.29) is 24.8 Å². The van der Waals surface area contributed by atoms with Gasteiger partial charge in [0.15, 0.2) is 6.61 Å². The molecule has 0 spiro atoms. The Morgan fingerprint density at radius 3 is 2.39 bits per heavy atom. The Hall–Kier alpha value is -3.15. The number of amides is 2. The molecule has 1 unspecified atom stereocenters. The lowest BCUT2D eigenvalue weighted by Crippen LogP contribution is -2.33. The van der Waals surface area contributed by atoms with Crippen LogP contribution >= 0.6 is 0 Å². The fourth-order valence-corrected chi connectivity index (χ4v) is 3.20. The highest BCUT2D eigenvalue weighted by Crippen LogP contribution is 2.20. The molecule has 1 saturated heterocycles. The topological polar surface area (TPSA) is 66.9 Å². The Bertz CT molecular complexity index is 823. The maximum Gasteiger partial charge on any atom is 0.311 e. The molecule has 146 valence electrons. The van der Waals surface area contributed by atoms with E-state index in [1.165, 1.54) is 4.90 Å². The lowest BCUT2D eigenvalue weighted by molar-refractivity contribution is -0.151. The van der Waals surface area contributed by atoms with E-state index in [4.69, 9.17) is 4.74 Å². The minimum atomic E-state index is -0.516. The number of para-hydroxylation sites is 1. The van der Waals surface area contributed by atoms with Crippen molar-refractivity contribution in [2.75, 3.05) is 31.6 Å². The summed E-state index contributed by atoms with van der Waals surface area (Å²) >= 11 is 0. The summed E-state index contributed by atoms with van der Waals surface area (Å²) in [6.45, 7) is 0.578. The van der Waals surface area contributed by atoms with Gasteiger partial charge in [-0.1, -0.05) is 48.5 Å². The standard InChI is InChI=1S/C22H24N2O4/c1-23(19-10-6-3-7-11-19)21(26)16-28-22(27)18-14-20(25)24(15-18)13-12-17-8-4-2-5-9-17/h2-11,18H,12-16H2,1H3. The molecular weight excluding hydrogens is 356 g/mol. The highest BCUT2D eigenvalue weighted by molar-refractivity contribution is 5.95. The highest BCUT2D eigenvalue weighted by Gasteiger charge is 2.35. The van der Waals surface area contributed by atoms with Gasteiger partial charge in [-0.3, -0.25) is 14.4 Å². The third-order valence-electron chi connectivity index (χ3n) is 4.92. The Morgan fingerprint density at radius 2 is 1.71 bits per heavy atom. The molecule has 6 nitrogen and oxygen atoms in total. The van der Waals surface area contributed by atoms with E-state index in [2.05, 4.69) is 0 Å². The number of esters is 1. The zero-order valence-electron chi connectivity index (χ0n) is 15.9. The summed E-state index contributed by atoms with van der Waals surface area (Å²) in [4.78, 5) is 39.8. The van der Waals surface area contributed by atoms with Gasteiger partial charge in [-0.2, -0.15) is 0 Å². The van der Waals surface area contributed by atoms with Crippen LogP contribution in [0, 0.1) is 5.92 Å². The van der Waals surface area contributed by atoms with Gasteiger partial charge in [0.25, 0.3) is 5.91 Å². The van der Waals surface area contributed by atoms with Crippen molar-refractivity contribution in [2.24, 2.45) is 5.92 Å². The zero-order chi connectivity index (χ0) is 19.9. The van der Waals surface area contributed by atoms with Crippen LogP contribution in [0.2, 0.25) is 0 Å². The van der Waals surface area contributed by atoms with Crippen LogP contribution in [0.3, 0.4) is 0 Å². The number of likely N-dealkylation sites (tertiary alicyclic amines) is 1. The number of hydrogen-bond donors (Lipinski definition) is 0. The minimum absolute atomic E-state index is 0.0504. The molecule has 3 rings (SSSR count). The second-order valence-corrected chi connectivity index (χ2v) is 6.87. The van der Waals surface area contributed by atoms with Gasteiger partial charge in [0.1, 0.15) is 0 Å². The zero-order valence-corrected chi connectivity index (χ0v) is 15.9. The first kappa shape index (κ1) is 19.6. The van der Waals surface area contributed by atoms with Crippen molar-refractivity contribution >= 4 is 23.5 Å². The van der Waals surface area contributed by atoms with Crippen molar-refractivity contribution in [1.29, 1.82) is 0 Å². The Balaban J connectivity index is 1.46. The number of carbonyl (C=O) groups excluding carboxylic acids is 3. The van der Waals surface area contributed by atoms with E-state index in [0.717, 1.165) is 17.7 Å². The van der Waals surface area contributed by atoms with E-state index >= 15 is 0 Å². The van der Waals surface area contributed by atoms with E-state index in [0.29, 0.717) is 13.1 Å². The molecule has 2 aromatic rings. The number of ether oxygens (including phenoxy) is 1. The monoisotopic (exact) mass is 380 g/mol. The van der Waals surface area contributed by atoms with Crippen molar-refractivity contribution in [3.05, 3.63) is 66.2 Å². The van der Waals surface area contributed by atoms with E-state index in [9.17, 15) is 14.4 Å². The average Bonchev–Trinajstić information content (AvgIpc) is 3.11. The first-order valence-corrected chi connectivity index (χ1v) is 9.34. The van der Waals surface area contributed by atoms with Gasteiger partial charge < -0.3 is 14.5 Å². The number of benzene rings is 2. The molecule has 0 aliphatic carbocycles. The molecule has 0 bridgehead atoms. The molecule has 1 aliphatic rings. The molecule has 1 aliphatic heterocycles. The quantitative estimate of drug-likeness (QED) is 0.691. The molecule has 0 N–H and O–H groups in total. The van der Waals surface area contributed by atoms with E-state index in [1.807, 2.05) is 48.5 Å². The number of carbonyl (C=O) groups is 3. The maximum atomic E-state index is 12.3. The predicted octanol–water partition coefficient (Wildman–Crippen LogP) is 2.28. The lowest BCUT2D eigenvalue weighted by Gasteiger charge is -2.18. The second-order valence-electron chi connectivity index (χ2n) is 6.87. The molecule has 0 saturated carbocycles. The Morgan fingerprint density at radius 1 is 1.07 bits per heavy atom. The normalized spacial score (nSPS) is 16.1. The first-order valence-electron chi connectivity index (χ1n) is 9.34. The van der Waals surface area contributed by atoms with Gasteiger partial charge in [-0.25, -0.2) is 0 Å². The molecule has 28 heavy (non-hydrogen) atoms. The van der Waals surface area contributed by atoms with Crippen LogP contribution < -0.4 is 4.90 Å². The number of rotatable bonds is 7. The predicted molar refractivity (Wildman–Crippen MR) is 106 cm³/mol. The fraction of sp³-hybridized carbons (Fsp3) is 0.318. The van der Waals surface area contributed by atoms with Crippen LogP contribution in [0.1, 0.15) is 12.0 Å². The third kappa shape index (κ3) is 4.97. The summed E-state index contributed by atoms with van der Waals surface area (Å²) in [6.07, 6.45) is 0.880. The Kier molecular flexibility index (Phi) is 6.42. The second kappa shape index (κ2) is 9.17. The first-order chi connectivity index (χ1) is 13.5. The summed E-state index contributed by atoms with van der Waals surface area (Å²) in [5, 5.41) is 0. The van der Waals surface area contributed by atoms with Crippen LogP contribution in [0.15, 0.2) is 60.7 Å². The molecule has 0 radical (unpaired) electrons. The number of likely N-dealkylation sites (N-methyl/N-ethyl adjacent to an activating group) is 1. The van der Waals surface area contributed by atoms with Gasteiger partial charge >= 0.3 is 5.97 Å². The molecule has 6 heteroatoms. The van der Waals surface area contributed by atoms with Crippen molar-refractivity contribution in [3.63, 3.8) is 0 Å². The largest absolute Gasteiger partial charge is 0.455 e. The average molecular weight is 380 g/mol. The smallest absolute Gasteiger partial charge is 0.311 e. The van der Waals surface area contributed by atoms with Gasteiger partial charge in [0.2, 0.25) is 5.91 Å². The third-order valence-corrected chi connectivity index (χ3v) is 4.92. The molecule has 1 fully saturated rings. The van der Waals surface area contributed by atoms with Crippen molar-refractivity contribution in [1.82, 2.24) is 4.90 Å². The highest BCUT2D eigenvalue weighted by atomic mass is 16.5. The Labute approximate surface area is 164 Å². The van der Waals surface area contributed by atoms with Crippen LogP contribution in [-0.2, 0) is 25.5 Å². The molecular formula is C22H24N2O4. The van der Waals surface area contributed by atoms with Crippen LogP contribution in [0.5, 0.6) is 0 Å². The van der Waals surface area contributed by atoms with Crippen LogP contribution in [0.25, 0.3) is 0 Å². The van der Waals surface area contributed by atoms with Gasteiger partial charge in [0.05, 0.1) is 5.92 Å². The van der Waals surface area contributed by atoms with E-state index in [1.54, 1.807) is 24.1 Å².